The zero-order valence-corrected chi connectivity index (χ0v) is 17.2. The van der Waals surface area contributed by atoms with Gasteiger partial charge in [0.1, 0.15) is 22.9 Å². The zero-order chi connectivity index (χ0) is 20.1. The van der Waals surface area contributed by atoms with Gasteiger partial charge in [0.2, 0.25) is 5.91 Å². The van der Waals surface area contributed by atoms with Crippen LogP contribution < -0.4 is 10.1 Å². The van der Waals surface area contributed by atoms with Gasteiger partial charge in [-0.1, -0.05) is 44.9 Å². The Morgan fingerprint density at radius 2 is 2.00 bits per heavy atom. The normalized spacial score (nSPS) is 12.1. The summed E-state index contributed by atoms with van der Waals surface area (Å²) in [7, 11) is 1.65. The first-order valence-electron chi connectivity index (χ1n) is 10.0. The largest absolute Gasteiger partial charge is 0.496 e. The molecule has 28 heavy (non-hydrogen) atoms. The lowest BCUT2D eigenvalue weighted by molar-refractivity contribution is -0.120. The van der Waals surface area contributed by atoms with Crippen LogP contribution in [0.2, 0.25) is 0 Å². The van der Waals surface area contributed by atoms with Crippen LogP contribution in [0.3, 0.4) is 0 Å². The number of carbonyl (C=O) groups is 1. The Labute approximate surface area is 166 Å². The van der Waals surface area contributed by atoms with Crippen LogP contribution in [-0.4, -0.2) is 22.4 Å². The van der Waals surface area contributed by atoms with Crippen LogP contribution in [0.15, 0.2) is 42.6 Å². The molecule has 1 atom stereocenters. The molecular weight excluding hydrogens is 350 g/mol. The fourth-order valence-electron chi connectivity index (χ4n) is 3.49. The maximum atomic E-state index is 13.0. The van der Waals surface area contributed by atoms with E-state index in [9.17, 15) is 4.79 Å². The van der Waals surface area contributed by atoms with Crippen molar-refractivity contribution in [3.63, 3.8) is 0 Å². The summed E-state index contributed by atoms with van der Waals surface area (Å²) in [6, 6.07) is 11.8. The lowest BCUT2D eigenvalue weighted by atomic mass is 9.98. The number of hydrogen-bond acceptors (Lipinski definition) is 3. The molecule has 0 aliphatic rings. The van der Waals surface area contributed by atoms with Gasteiger partial charge in [0.25, 0.3) is 0 Å². The van der Waals surface area contributed by atoms with E-state index >= 15 is 0 Å². The number of unbranched alkanes of at least 4 members (excludes halogenated alkanes) is 1. The average molecular weight is 380 g/mol. The summed E-state index contributed by atoms with van der Waals surface area (Å²) in [4.78, 5) is 17.8. The number of hydrogen-bond donors (Lipinski definition) is 1. The quantitative estimate of drug-likeness (QED) is 0.564. The second-order valence-corrected chi connectivity index (χ2v) is 7.18. The second kappa shape index (κ2) is 8.91. The van der Waals surface area contributed by atoms with E-state index < -0.39 is 0 Å². The topological polar surface area (TPSA) is 55.6 Å². The van der Waals surface area contributed by atoms with Crippen molar-refractivity contribution in [2.45, 2.75) is 46.5 Å². The molecule has 148 valence electrons. The van der Waals surface area contributed by atoms with Gasteiger partial charge in [-0.15, -0.1) is 0 Å². The molecule has 3 rings (SSSR count). The highest BCUT2D eigenvalue weighted by atomic mass is 16.5. The van der Waals surface area contributed by atoms with E-state index in [0.29, 0.717) is 5.82 Å². The smallest absolute Gasteiger partial charge is 0.228 e. The lowest BCUT2D eigenvalue weighted by Crippen LogP contribution is -2.23. The summed E-state index contributed by atoms with van der Waals surface area (Å²) in [6.45, 7) is 6.25. The highest BCUT2D eigenvalue weighted by Crippen LogP contribution is 2.35. The predicted octanol–water partition coefficient (Wildman–Crippen LogP) is 5.47. The Morgan fingerprint density at radius 3 is 2.71 bits per heavy atom. The molecule has 0 saturated carbocycles. The Balaban J connectivity index is 2.09. The average Bonchev–Trinajstić information content (AvgIpc) is 3.06. The van der Waals surface area contributed by atoms with Crippen LogP contribution in [0, 0.1) is 12.8 Å². The van der Waals surface area contributed by atoms with Crippen LogP contribution in [0.25, 0.3) is 16.9 Å². The number of amides is 1. The van der Waals surface area contributed by atoms with E-state index in [2.05, 4.69) is 19.2 Å². The van der Waals surface area contributed by atoms with Gasteiger partial charge in [-0.25, -0.2) is 4.98 Å². The molecule has 0 spiro atoms. The molecular formula is C23H29N3O2. The Kier molecular flexibility index (Phi) is 6.34. The third kappa shape index (κ3) is 4.03. The third-order valence-corrected chi connectivity index (χ3v) is 5.14. The molecule has 2 aromatic heterocycles. The van der Waals surface area contributed by atoms with Crippen molar-refractivity contribution in [2.75, 3.05) is 12.4 Å². The number of nitrogens with zero attached hydrogens (tertiary/aromatic N) is 2. The summed E-state index contributed by atoms with van der Waals surface area (Å²) in [5, 5.41) is 3.18. The van der Waals surface area contributed by atoms with Crippen molar-refractivity contribution in [3.8, 4) is 17.0 Å². The lowest BCUT2D eigenvalue weighted by Gasteiger charge is -2.16. The molecule has 0 aliphatic carbocycles. The monoisotopic (exact) mass is 379 g/mol. The number of benzene rings is 1. The number of aromatic nitrogens is 2. The minimum atomic E-state index is 0.000767. The zero-order valence-electron chi connectivity index (χ0n) is 17.2. The second-order valence-electron chi connectivity index (χ2n) is 7.18. The molecule has 5 nitrogen and oxygen atoms in total. The van der Waals surface area contributed by atoms with Crippen LogP contribution in [-0.2, 0) is 4.79 Å². The number of para-hydroxylation sites is 1. The highest BCUT2D eigenvalue weighted by molar-refractivity contribution is 5.96. The number of nitrogens with one attached hydrogen (secondary N) is 1. The maximum absolute atomic E-state index is 13.0. The van der Waals surface area contributed by atoms with Gasteiger partial charge in [-0.2, -0.15) is 0 Å². The van der Waals surface area contributed by atoms with Gasteiger partial charge in [0.05, 0.1) is 7.11 Å². The number of carbonyl (C=O) groups excluding carboxylic acids is 1. The van der Waals surface area contributed by atoms with Gasteiger partial charge >= 0.3 is 0 Å². The molecule has 2 heterocycles. The van der Waals surface area contributed by atoms with E-state index in [1.807, 2.05) is 53.9 Å². The molecule has 0 unspecified atom stereocenters. The van der Waals surface area contributed by atoms with E-state index in [4.69, 9.17) is 9.72 Å². The van der Waals surface area contributed by atoms with Crippen molar-refractivity contribution >= 4 is 17.4 Å². The minimum Gasteiger partial charge on any atom is -0.496 e. The van der Waals surface area contributed by atoms with Gasteiger partial charge < -0.3 is 10.1 Å². The SMILES string of the molecule is CCCC[C@H](CC)C(=O)Nc1c(-c2ccccc2OC)nc2ccc(C)cn12. The number of anilines is 1. The van der Waals surface area contributed by atoms with Gasteiger partial charge in [0, 0.05) is 17.7 Å². The fraction of sp³-hybridized carbons (Fsp3) is 0.391. The molecule has 1 aromatic carbocycles. The van der Waals surface area contributed by atoms with E-state index in [0.717, 1.165) is 53.9 Å². The number of ether oxygens (including phenoxy) is 1. The maximum Gasteiger partial charge on any atom is 0.228 e. The fourth-order valence-corrected chi connectivity index (χ4v) is 3.49. The van der Waals surface area contributed by atoms with Crippen molar-refractivity contribution in [1.29, 1.82) is 0 Å². The Morgan fingerprint density at radius 1 is 1.21 bits per heavy atom. The van der Waals surface area contributed by atoms with Crippen molar-refractivity contribution in [2.24, 2.45) is 5.92 Å². The molecule has 0 saturated heterocycles. The van der Waals surface area contributed by atoms with E-state index in [1.54, 1.807) is 7.11 Å². The first-order chi connectivity index (χ1) is 13.6. The highest BCUT2D eigenvalue weighted by Gasteiger charge is 2.22. The number of pyridine rings is 1. The van der Waals surface area contributed by atoms with Gasteiger partial charge in [0.15, 0.2) is 0 Å². The number of aryl methyl sites for hydroxylation is 1. The first kappa shape index (κ1) is 19.9. The van der Waals surface area contributed by atoms with E-state index in [-0.39, 0.29) is 11.8 Å². The standard InChI is InChI=1S/C23H29N3O2/c1-5-7-10-17(6-2)23(27)25-22-21(18-11-8-9-12-19(18)28-4)24-20-14-13-16(3)15-26(20)22/h8-9,11-15,17H,5-7,10H2,1-4H3,(H,25,27)/t17-/m0/s1. The number of imidazole rings is 1. The molecule has 5 heteroatoms. The molecule has 1 N–H and O–H groups in total. The molecule has 1 amide bonds. The predicted molar refractivity (Wildman–Crippen MR) is 114 cm³/mol. The third-order valence-electron chi connectivity index (χ3n) is 5.14. The van der Waals surface area contributed by atoms with Crippen LogP contribution >= 0.6 is 0 Å². The summed E-state index contributed by atoms with van der Waals surface area (Å²) < 4.78 is 7.50. The van der Waals surface area contributed by atoms with Crippen LogP contribution in [0.5, 0.6) is 5.75 Å². The van der Waals surface area contributed by atoms with Crippen LogP contribution in [0.1, 0.15) is 45.1 Å². The van der Waals surface area contributed by atoms with Crippen LogP contribution in [0.4, 0.5) is 5.82 Å². The summed E-state index contributed by atoms with van der Waals surface area (Å²) in [5.41, 5.74) is 3.48. The van der Waals surface area contributed by atoms with Crippen molar-refractivity contribution < 1.29 is 9.53 Å². The first-order valence-corrected chi connectivity index (χ1v) is 10.0. The van der Waals surface area contributed by atoms with E-state index in [1.165, 1.54) is 0 Å². The number of methoxy groups -OCH3 is 1. The Hall–Kier alpha value is -2.82. The summed E-state index contributed by atoms with van der Waals surface area (Å²) in [6.07, 6.45) is 5.87. The van der Waals surface area contributed by atoms with Crippen molar-refractivity contribution in [1.82, 2.24) is 9.38 Å². The molecule has 0 bridgehead atoms. The molecule has 0 fully saturated rings. The summed E-state index contributed by atoms with van der Waals surface area (Å²) in [5.74, 6) is 1.48. The molecule has 3 aromatic rings. The molecule has 0 aliphatic heterocycles. The van der Waals surface area contributed by atoms with Gasteiger partial charge in [-0.05, 0) is 43.5 Å². The van der Waals surface area contributed by atoms with Gasteiger partial charge in [-0.3, -0.25) is 9.20 Å². The minimum absolute atomic E-state index is 0.000767. The number of fused-ring (bicyclic) bond motifs is 1. The Bertz CT molecular complexity index is 962. The number of rotatable bonds is 8. The van der Waals surface area contributed by atoms with Crippen molar-refractivity contribution in [3.05, 3.63) is 48.2 Å². The summed E-state index contributed by atoms with van der Waals surface area (Å²) >= 11 is 0. The molecule has 0 radical (unpaired) electrons.